The van der Waals surface area contributed by atoms with Crippen molar-refractivity contribution in [1.82, 2.24) is 0 Å². The summed E-state index contributed by atoms with van der Waals surface area (Å²) in [7, 11) is 1.35. The van der Waals surface area contributed by atoms with Gasteiger partial charge in [0, 0.05) is 9.26 Å². The van der Waals surface area contributed by atoms with E-state index in [0.29, 0.717) is 16.9 Å². The van der Waals surface area contributed by atoms with E-state index in [-0.39, 0.29) is 5.97 Å². The molecule has 0 unspecified atom stereocenters. The number of methoxy groups -OCH3 is 1. The topological polar surface area (TPSA) is 64.3 Å². The van der Waals surface area contributed by atoms with Crippen LogP contribution in [0.3, 0.4) is 0 Å². The van der Waals surface area contributed by atoms with Crippen LogP contribution >= 0.6 is 22.6 Å². The number of carbonyl (C=O) groups is 1. The molecule has 0 saturated carbocycles. The molecule has 2 aromatic rings. The Labute approximate surface area is 125 Å². The number of nitrogens with one attached hydrogen (secondary N) is 1. The Morgan fingerprint density at radius 1 is 1.26 bits per heavy atom. The highest BCUT2D eigenvalue weighted by Gasteiger charge is 2.08. The van der Waals surface area contributed by atoms with Crippen molar-refractivity contribution in [2.45, 2.75) is 0 Å². The average molecular weight is 368 g/mol. The van der Waals surface area contributed by atoms with Crippen LogP contribution < -0.4 is 11.1 Å². The lowest BCUT2D eigenvalue weighted by Crippen LogP contribution is -2.04. The predicted octanol–water partition coefficient (Wildman–Crippen LogP) is 3.40. The van der Waals surface area contributed by atoms with Gasteiger partial charge in [-0.05, 0) is 59.0 Å². The zero-order chi connectivity index (χ0) is 13.8. The van der Waals surface area contributed by atoms with Crippen molar-refractivity contribution in [3.05, 3.63) is 51.6 Å². The molecular formula is C14H13IN2O2. The SMILES string of the molecule is COC(=O)c1ccc(N)c(Nc2cccc(I)c2)c1. The van der Waals surface area contributed by atoms with E-state index in [2.05, 4.69) is 27.9 Å². The van der Waals surface area contributed by atoms with E-state index in [1.807, 2.05) is 24.3 Å². The molecule has 0 bridgehead atoms. The maximum absolute atomic E-state index is 11.5. The molecule has 0 aliphatic rings. The standard InChI is InChI=1S/C14H13IN2O2/c1-19-14(18)9-5-6-12(16)13(7-9)17-11-4-2-3-10(15)8-11/h2-8,17H,16H2,1H3. The van der Waals surface area contributed by atoms with E-state index >= 15 is 0 Å². The van der Waals surface area contributed by atoms with Gasteiger partial charge in [-0.25, -0.2) is 4.79 Å². The first-order chi connectivity index (χ1) is 9.10. The van der Waals surface area contributed by atoms with Crippen LogP contribution in [0.5, 0.6) is 0 Å². The summed E-state index contributed by atoms with van der Waals surface area (Å²) in [5, 5.41) is 3.19. The Morgan fingerprint density at radius 3 is 2.74 bits per heavy atom. The van der Waals surface area contributed by atoms with Gasteiger partial charge in [-0.3, -0.25) is 0 Å². The number of carbonyl (C=O) groups excluding carboxylic acids is 1. The first-order valence-electron chi connectivity index (χ1n) is 5.60. The van der Waals surface area contributed by atoms with Crippen LogP contribution in [-0.2, 0) is 4.74 Å². The van der Waals surface area contributed by atoms with Gasteiger partial charge in [0.15, 0.2) is 0 Å². The number of hydrogen-bond acceptors (Lipinski definition) is 4. The third-order valence-electron chi connectivity index (χ3n) is 2.58. The highest BCUT2D eigenvalue weighted by Crippen LogP contribution is 2.25. The number of anilines is 3. The number of nitrogen functional groups attached to an aromatic ring is 1. The van der Waals surface area contributed by atoms with Crippen molar-refractivity contribution in [3.8, 4) is 0 Å². The van der Waals surface area contributed by atoms with Crippen LogP contribution in [0.2, 0.25) is 0 Å². The molecule has 0 amide bonds. The zero-order valence-corrected chi connectivity index (χ0v) is 12.5. The Hall–Kier alpha value is -1.76. The van der Waals surface area contributed by atoms with Crippen LogP contribution in [-0.4, -0.2) is 13.1 Å². The maximum Gasteiger partial charge on any atom is 0.337 e. The predicted molar refractivity (Wildman–Crippen MR) is 84.6 cm³/mol. The largest absolute Gasteiger partial charge is 0.465 e. The average Bonchev–Trinajstić information content (AvgIpc) is 2.40. The Kier molecular flexibility index (Phi) is 4.26. The number of rotatable bonds is 3. The van der Waals surface area contributed by atoms with Gasteiger partial charge < -0.3 is 15.8 Å². The second-order valence-corrected chi connectivity index (χ2v) is 5.17. The number of halogens is 1. The fourth-order valence-corrected chi connectivity index (χ4v) is 2.17. The molecule has 4 nitrogen and oxygen atoms in total. The van der Waals surface area contributed by atoms with Gasteiger partial charge in [0.05, 0.1) is 24.0 Å². The molecule has 3 N–H and O–H groups in total. The molecule has 5 heteroatoms. The highest BCUT2D eigenvalue weighted by atomic mass is 127. The lowest BCUT2D eigenvalue weighted by Gasteiger charge is -2.11. The van der Waals surface area contributed by atoms with E-state index in [1.54, 1.807) is 18.2 Å². The molecule has 0 radical (unpaired) electrons. The number of nitrogens with two attached hydrogens (primary N) is 1. The number of hydrogen-bond donors (Lipinski definition) is 2. The molecule has 0 atom stereocenters. The number of benzene rings is 2. The molecule has 0 aromatic heterocycles. The van der Waals surface area contributed by atoms with Gasteiger partial charge in [0.25, 0.3) is 0 Å². The monoisotopic (exact) mass is 368 g/mol. The minimum absolute atomic E-state index is 0.384. The van der Waals surface area contributed by atoms with Gasteiger partial charge >= 0.3 is 5.97 Å². The van der Waals surface area contributed by atoms with Crippen LogP contribution in [0.25, 0.3) is 0 Å². The van der Waals surface area contributed by atoms with Crippen molar-refractivity contribution in [2.24, 2.45) is 0 Å². The van der Waals surface area contributed by atoms with Crippen molar-refractivity contribution in [2.75, 3.05) is 18.2 Å². The fraction of sp³-hybridized carbons (Fsp3) is 0.0714. The first kappa shape index (κ1) is 13.7. The van der Waals surface area contributed by atoms with Crippen LogP contribution in [0.1, 0.15) is 10.4 Å². The van der Waals surface area contributed by atoms with Crippen LogP contribution in [0, 0.1) is 3.57 Å². The van der Waals surface area contributed by atoms with E-state index in [0.717, 1.165) is 9.26 Å². The smallest absolute Gasteiger partial charge is 0.337 e. The Morgan fingerprint density at radius 2 is 2.05 bits per heavy atom. The summed E-state index contributed by atoms with van der Waals surface area (Å²) >= 11 is 2.23. The van der Waals surface area contributed by atoms with Crippen molar-refractivity contribution in [1.29, 1.82) is 0 Å². The van der Waals surface area contributed by atoms with E-state index in [1.165, 1.54) is 7.11 Å². The third kappa shape index (κ3) is 3.37. The minimum atomic E-state index is -0.384. The van der Waals surface area contributed by atoms with Crippen molar-refractivity contribution in [3.63, 3.8) is 0 Å². The third-order valence-corrected chi connectivity index (χ3v) is 3.25. The van der Waals surface area contributed by atoms with Crippen molar-refractivity contribution < 1.29 is 9.53 Å². The van der Waals surface area contributed by atoms with Gasteiger partial charge in [-0.15, -0.1) is 0 Å². The second kappa shape index (κ2) is 5.92. The summed E-state index contributed by atoms with van der Waals surface area (Å²) in [6.07, 6.45) is 0. The summed E-state index contributed by atoms with van der Waals surface area (Å²) < 4.78 is 5.81. The van der Waals surface area contributed by atoms with Gasteiger partial charge in [-0.1, -0.05) is 6.07 Å². The molecule has 0 aliphatic carbocycles. The Balaban J connectivity index is 2.31. The fourth-order valence-electron chi connectivity index (χ4n) is 1.63. The summed E-state index contributed by atoms with van der Waals surface area (Å²) in [5.74, 6) is -0.384. The molecule has 0 aliphatic heterocycles. The number of ether oxygens (including phenoxy) is 1. The molecular weight excluding hydrogens is 355 g/mol. The maximum atomic E-state index is 11.5. The van der Waals surface area contributed by atoms with Gasteiger partial charge in [0.2, 0.25) is 0 Å². The van der Waals surface area contributed by atoms with E-state index in [4.69, 9.17) is 10.5 Å². The number of esters is 1. The summed E-state index contributed by atoms with van der Waals surface area (Å²) in [6.45, 7) is 0. The summed E-state index contributed by atoms with van der Waals surface area (Å²) in [6, 6.07) is 12.9. The van der Waals surface area contributed by atoms with Crippen molar-refractivity contribution >= 4 is 45.6 Å². The molecule has 98 valence electrons. The molecule has 0 spiro atoms. The minimum Gasteiger partial charge on any atom is -0.465 e. The Bertz CT molecular complexity index is 614. The molecule has 0 saturated heterocycles. The summed E-state index contributed by atoms with van der Waals surface area (Å²) in [5.41, 5.74) is 8.54. The quantitative estimate of drug-likeness (QED) is 0.495. The van der Waals surface area contributed by atoms with E-state index < -0.39 is 0 Å². The lowest BCUT2D eigenvalue weighted by molar-refractivity contribution is 0.0601. The molecule has 0 heterocycles. The van der Waals surface area contributed by atoms with Crippen LogP contribution in [0.4, 0.5) is 17.1 Å². The van der Waals surface area contributed by atoms with Gasteiger partial charge in [-0.2, -0.15) is 0 Å². The molecule has 2 aromatic carbocycles. The van der Waals surface area contributed by atoms with E-state index in [9.17, 15) is 4.79 Å². The normalized spacial score (nSPS) is 10.0. The zero-order valence-electron chi connectivity index (χ0n) is 10.3. The molecule has 2 rings (SSSR count). The molecule has 19 heavy (non-hydrogen) atoms. The van der Waals surface area contributed by atoms with Gasteiger partial charge in [0.1, 0.15) is 0 Å². The molecule has 0 fully saturated rings. The second-order valence-electron chi connectivity index (χ2n) is 3.93. The summed E-state index contributed by atoms with van der Waals surface area (Å²) in [4.78, 5) is 11.5. The first-order valence-corrected chi connectivity index (χ1v) is 6.68. The lowest BCUT2D eigenvalue weighted by atomic mass is 10.1. The highest BCUT2D eigenvalue weighted by molar-refractivity contribution is 14.1. The van der Waals surface area contributed by atoms with Crippen LogP contribution in [0.15, 0.2) is 42.5 Å².